The first-order chi connectivity index (χ1) is 13.1. The largest absolute Gasteiger partial charge is 0.357 e. The molecule has 0 bridgehead atoms. The van der Waals surface area contributed by atoms with Gasteiger partial charge in [-0.15, -0.1) is 24.0 Å². The Morgan fingerprint density at radius 3 is 2.31 bits per heavy atom. The van der Waals surface area contributed by atoms with Gasteiger partial charge >= 0.3 is 0 Å². The smallest absolute Gasteiger partial charge is 0.191 e. The molecule has 0 saturated carbocycles. The molecule has 2 N–H and O–H groups in total. The fourth-order valence-electron chi connectivity index (χ4n) is 3.40. The lowest BCUT2D eigenvalue weighted by atomic mass is 9.84. The Bertz CT molecular complexity index is 805. The van der Waals surface area contributed by atoms with Crippen molar-refractivity contribution in [3.8, 4) is 0 Å². The Hall–Kier alpha value is -1.57. The summed E-state index contributed by atoms with van der Waals surface area (Å²) < 4.78 is 1.96. The van der Waals surface area contributed by atoms with Crippen LogP contribution in [0, 0.1) is 20.8 Å². The van der Waals surface area contributed by atoms with Gasteiger partial charge in [0.1, 0.15) is 0 Å². The van der Waals surface area contributed by atoms with Crippen LogP contribution in [-0.4, -0.2) is 34.9 Å². The van der Waals surface area contributed by atoms with Crippen molar-refractivity contribution >= 4 is 29.9 Å². The van der Waals surface area contributed by atoms with Gasteiger partial charge in [0.2, 0.25) is 0 Å². The molecular weight excluding hydrogens is 473 g/mol. The van der Waals surface area contributed by atoms with E-state index in [9.17, 15) is 0 Å². The second kappa shape index (κ2) is 11.0. The van der Waals surface area contributed by atoms with Gasteiger partial charge in [0.25, 0.3) is 0 Å². The van der Waals surface area contributed by atoms with Crippen LogP contribution in [0.2, 0.25) is 0 Å². The number of guanidine groups is 1. The number of halogens is 1. The highest BCUT2D eigenvalue weighted by atomic mass is 127. The van der Waals surface area contributed by atoms with E-state index >= 15 is 0 Å². The van der Waals surface area contributed by atoms with E-state index in [1.165, 1.54) is 22.4 Å². The van der Waals surface area contributed by atoms with Crippen molar-refractivity contribution in [3.05, 3.63) is 52.3 Å². The predicted octanol–water partition coefficient (Wildman–Crippen LogP) is 4.43. The summed E-state index contributed by atoms with van der Waals surface area (Å²) in [5.74, 6) is 0.870. The summed E-state index contributed by atoms with van der Waals surface area (Å²) in [4.78, 5) is 4.89. The minimum Gasteiger partial charge on any atom is -0.357 e. The first kappa shape index (κ1) is 25.5. The number of hydrogen-bond acceptors (Lipinski definition) is 2. The lowest BCUT2D eigenvalue weighted by Gasteiger charge is -2.25. The normalized spacial score (nSPS) is 13.0. The zero-order chi connectivity index (χ0) is 20.9. The molecule has 5 nitrogen and oxygen atoms in total. The third-order valence-corrected chi connectivity index (χ3v) is 5.36. The molecule has 1 unspecified atom stereocenters. The van der Waals surface area contributed by atoms with Crippen LogP contribution in [0.25, 0.3) is 0 Å². The van der Waals surface area contributed by atoms with Crippen molar-refractivity contribution in [2.45, 2.75) is 66.3 Å². The lowest BCUT2D eigenvalue weighted by molar-refractivity contribution is 0.534. The second-order valence-electron chi connectivity index (χ2n) is 8.47. The fraction of sp³-hybridized carbons (Fsp3) is 0.565. The average Bonchev–Trinajstić information content (AvgIpc) is 2.86. The van der Waals surface area contributed by atoms with Crippen LogP contribution in [0.1, 0.15) is 55.8 Å². The lowest BCUT2D eigenvalue weighted by Crippen LogP contribution is -2.43. The van der Waals surface area contributed by atoms with Crippen LogP contribution in [0.15, 0.2) is 29.3 Å². The van der Waals surface area contributed by atoms with Crippen molar-refractivity contribution in [2.24, 2.45) is 12.0 Å². The highest BCUT2D eigenvalue weighted by Gasteiger charge is 2.21. The number of aromatic nitrogens is 2. The Balaban J connectivity index is 0.00000420. The molecule has 1 heterocycles. The molecule has 0 fully saturated rings. The molecule has 0 aliphatic heterocycles. The molecule has 1 aromatic carbocycles. The van der Waals surface area contributed by atoms with Crippen LogP contribution in [0.3, 0.4) is 0 Å². The number of nitrogens with one attached hydrogen (secondary N) is 2. The molecule has 29 heavy (non-hydrogen) atoms. The van der Waals surface area contributed by atoms with Crippen molar-refractivity contribution < 1.29 is 0 Å². The molecule has 0 aliphatic carbocycles. The van der Waals surface area contributed by atoms with Crippen molar-refractivity contribution in [2.75, 3.05) is 13.1 Å². The van der Waals surface area contributed by atoms with Gasteiger partial charge in [0.15, 0.2) is 5.96 Å². The summed E-state index contributed by atoms with van der Waals surface area (Å²) in [5, 5.41) is 11.5. The van der Waals surface area contributed by atoms with Crippen molar-refractivity contribution in [1.29, 1.82) is 0 Å². The maximum atomic E-state index is 4.89. The van der Waals surface area contributed by atoms with Crippen LogP contribution >= 0.6 is 24.0 Å². The molecular formula is C23H38IN5. The third kappa shape index (κ3) is 7.01. The Morgan fingerprint density at radius 2 is 1.79 bits per heavy atom. The maximum absolute atomic E-state index is 4.89. The van der Waals surface area contributed by atoms with Gasteiger partial charge in [-0.05, 0) is 52.2 Å². The van der Waals surface area contributed by atoms with Crippen molar-refractivity contribution in [3.63, 3.8) is 0 Å². The average molecular weight is 511 g/mol. The first-order valence-corrected chi connectivity index (χ1v) is 10.2. The molecule has 0 radical (unpaired) electrons. The molecule has 0 saturated heterocycles. The SMILES string of the molecule is CCNC(=NCC(C)(C)c1ccc(C)cc1)NC(C)Cc1c(C)nn(C)c1C.I. The highest BCUT2D eigenvalue weighted by molar-refractivity contribution is 14.0. The zero-order valence-electron chi connectivity index (χ0n) is 19.3. The summed E-state index contributed by atoms with van der Waals surface area (Å²) in [6.45, 7) is 16.7. The van der Waals surface area contributed by atoms with Gasteiger partial charge in [-0.25, -0.2) is 0 Å². The summed E-state index contributed by atoms with van der Waals surface area (Å²) >= 11 is 0. The number of benzene rings is 1. The zero-order valence-corrected chi connectivity index (χ0v) is 21.6. The quantitative estimate of drug-likeness (QED) is 0.329. The number of aliphatic imine (C=N–C) groups is 1. The van der Waals surface area contributed by atoms with E-state index in [1.54, 1.807) is 0 Å². The summed E-state index contributed by atoms with van der Waals surface area (Å²) in [6.07, 6.45) is 0.928. The Labute approximate surface area is 193 Å². The molecule has 6 heteroatoms. The fourth-order valence-corrected chi connectivity index (χ4v) is 3.40. The molecule has 1 atom stereocenters. The maximum Gasteiger partial charge on any atom is 0.191 e. The van der Waals surface area contributed by atoms with E-state index in [0.29, 0.717) is 0 Å². The Morgan fingerprint density at radius 1 is 1.17 bits per heavy atom. The molecule has 162 valence electrons. The first-order valence-electron chi connectivity index (χ1n) is 10.2. The summed E-state index contributed by atoms with van der Waals surface area (Å²) in [6, 6.07) is 9.03. The highest BCUT2D eigenvalue weighted by Crippen LogP contribution is 2.23. The van der Waals surface area contributed by atoms with E-state index in [2.05, 4.69) is 88.5 Å². The number of rotatable bonds is 7. The van der Waals surface area contributed by atoms with Gasteiger partial charge in [-0.1, -0.05) is 43.7 Å². The second-order valence-corrected chi connectivity index (χ2v) is 8.47. The molecule has 2 rings (SSSR count). The van der Waals surface area contributed by atoms with Gasteiger partial charge in [-0.3, -0.25) is 9.67 Å². The van der Waals surface area contributed by atoms with Crippen LogP contribution in [-0.2, 0) is 18.9 Å². The van der Waals surface area contributed by atoms with E-state index in [1.807, 2.05) is 11.7 Å². The van der Waals surface area contributed by atoms with Crippen LogP contribution < -0.4 is 10.6 Å². The van der Waals surface area contributed by atoms with Gasteiger partial charge in [-0.2, -0.15) is 5.10 Å². The minimum atomic E-state index is -0.0180. The number of hydrogen-bond donors (Lipinski definition) is 2. The Kier molecular flexibility index (Phi) is 9.65. The topological polar surface area (TPSA) is 54.2 Å². The molecule has 2 aromatic rings. The van der Waals surface area contributed by atoms with Gasteiger partial charge < -0.3 is 10.6 Å². The standard InChI is InChI=1S/C23H37N5.HI/c1-9-24-22(25-15-23(6,7)20-12-10-16(2)11-13-20)26-17(3)14-21-18(4)27-28(8)19(21)5;/h10-13,17H,9,14-15H2,1-8H3,(H2,24,25,26);1H. The number of aryl methyl sites for hydroxylation is 3. The third-order valence-electron chi connectivity index (χ3n) is 5.36. The summed E-state index contributed by atoms with van der Waals surface area (Å²) in [7, 11) is 2.00. The predicted molar refractivity (Wildman–Crippen MR) is 135 cm³/mol. The molecule has 0 spiro atoms. The van der Waals surface area contributed by atoms with Crippen LogP contribution in [0.5, 0.6) is 0 Å². The van der Waals surface area contributed by atoms with E-state index < -0.39 is 0 Å². The van der Waals surface area contributed by atoms with E-state index in [-0.39, 0.29) is 35.4 Å². The van der Waals surface area contributed by atoms with Gasteiger partial charge in [0, 0.05) is 30.7 Å². The van der Waals surface area contributed by atoms with Crippen LogP contribution in [0.4, 0.5) is 0 Å². The molecule has 1 aromatic heterocycles. The van der Waals surface area contributed by atoms with Crippen molar-refractivity contribution in [1.82, 2.24) is 20.4 Å². The summed E-state index contributed by atoms with van der Waals surface area (Å²) in [5.41, 5.74) is 6.23. The molecule has 0 amide bonds. The monoisotopic (exact) mass is 511 g/mol. The number of nitrogens with zero attached hydrogens (tertiary/aromatic N) is 3. The van der Waals surface area contributed by atoms with E-state index in [0.717, 1.165) is 31.2 Å². The van der Waals surface area contributed by atoms with E-state index in [4.69, 9.17) is 4.99 Å². The molecule has 0 aliphatic rings. The van der Waals surface area contributed by atoms with Gasteiger partial charge in [0.05, 0.1) is 12.2 Å². The minimum absolute atomic E-state index is 0.